The van der Waals surface area contributed by atoms with Gasteiger partial charge in [0.25, 0.3) is 5.91 Å². The number of hydrogen-bond donors (Lipinski definition) is 4. The van der Waals surface area contributed by atoms with Crippen LogP contribution in [-0.2, 0) is 26.2 Å². The minimum absolute atomic E-state index is 0.290. The van der Waals surface area contributed by atoms with E-state index >= 15 is 0 Å². The molecule has 3 aromatic heterocycles. The molecule has 14 heteroatoms. The number of methoxy groups -OCH3 is 1. The Morgan fingerprint density at radius 1 is 0.940 bits per heavy atom. The number of aromatic nitrogens is 6. The molecule has 0 aliphatic carbocycles. The first kappa shape index (κ1) is 33.3. The predicted octanol–water partition coefficient (Wildman–Crippen LogP) is 4.62. The second-order valence-electron chi connectivity index (χ2n) is 11.6. The van der Waals surface area contributed by atoms with E-state index in [0.717, 1.165) is 17.0 Å². The van der Waals surface area contributed by atoms with Gasteiger partial charge in [0, 0.05) is 36.5 Å². The van der Waals surface area contributed by atoms with Crippen molar-refractivity contribution in [1.82, 2.24) is 28.9 Å². The van der Waals surface area contributed by atoms with E-state index in [1.165, 1.54) is 0 Å². The Hall–Kier alpha value is -6.57. The molecule has 0 saturated heterocycles. The molecule has 0 unspecified atom stereocenters. The van der Waals surface area contributed by atoms with Crippen molar-refractivity contribution < 1.29 is 19.1 Å². The fourth-order valence-corrected chi connectivity index (χ4v) is 5.67. The summed E-state index contributed by atoms with van der Waals surface area (Å²) >= 11 is 0. The van der Waals surface area contributed by atoms with E-state index in [4.69, 9.17) is 26.7 Å². The highest BCUT2D eigenvalue weighted by molar-refractivity contribution is 6.03. The molecule has 7 N–H and O–H groups in total. The van der Waals surface area contributed by atoms with Gasteiger partial charge < -0.3 is 35.8 Å². The highest BCUT2D eigenvalue weighted by atomic mass is 16.5. The number of imidazole rings is 2. The van der Waals surface area contributed by atoms with Crippen LogP contribution in [0.5, 0.6) is 11.5 Å². The third-order valence-electron chi connectivity index (χ3n) is 8.20. The topological polar surface area (TPSA) is 196 Å². The number of primary amides is 1. The van der Waals surface area contributed by atoms with Crippen molar-refractivity contribution in [2.24, 2.45) is 11.5 Å². The lowest BCUT2D eigenvalue weighted by Crippen LogP contribution is -2.19. The molecule has 3 heterocycles. The summed E-state index contributed by atoms with van der Waals surface area (Å²) in [6.45, 7) is 9.13. The zero-order chi connectivity index (χ0) is 35.5. The average molecular weight is 675 g/mol. The van der Waals surface area contributed by atoms with Gasteiger partial charge in [0.05, 0.1) is 29.4 Å². The molecule has 0 fully saturated rings. The highest BCUT2D eigenvalue weighted by Crippen LogP contribution is 2.32. The maximum absolute atomic E-state index is 13.4. The fraction of sp³-hybridized carbons (Fsp3) is 0.194. The van der Waals surface area contributed by atoms with Crippen LogP contribution in [0.1, 0.15) is 44.6 Å². The van der Waals surface area contributed by atoms with E-state index in [-0.39, 0.29) is 5.91 Å². The van der Waals surface area contributed by atoms with Crippen LogP contribution in [0.4, 0.5) is 11.9 Å². The van der Waals surface area contributed by atoms with E-state index in [0.29, 0.717) is 88.5 Å². The van der Waals surface area contributed by atoms with Crippen molar-refractivity contribution in [3.8, 4) is 11.5 Å². The fourth-order valence-electron chi connectivity index (χ4n) is 5.67. The van der Waals surface area contributed by atoms with Crippen LogP contribution in [0.25, 0.3) is 27.8 Å². The molecule has 2 amide bonds. The molecule has 0 atom stereocenters. The molecule has 0 radical (unpaired) electrons. The Morgan fingerprint density at radius 3 is 2.34 bits per heavy atom. The number of nitrogens with zero attached hydrogens (tertiary/aromatic N) is 6. The standard InChI is InChI=1S/C36H38N10O4/c1-5-46-30(16-21(2)43-46)34(48)42-36-41-27-17-24(33(38)47)10-13-29(27)44(36)14-6-7-15-45-32-28(40-35(45)39)18-25(22(3)37)19-31(32)50-20-23-8-11-26(49-4)12-9-23/h6-13,16-19H,3,5,14-15,20,37H2,1-2,4H3,(H2,38,47)(H2,39,40)(H,41,42,48)/b7-6+. The maximum Gasteiger partial charge on any atom is 0.276 e. The van der Waals surface area contributed by atoms with Gasteiger partial charge in [-0.25, -0.2) is 9.97 Å². The van der Waals surface area contributed by atoms with Crippen molar-refractivity contribution in [3.05, 3.63) is 107 Å². The largest absolute Gasteiger partial charge is 0.497 e. The van der Waals surface area contributed by atoms with Gasteiger partial charge in [-0.3, -0.25) is 19.6 Å². The van der Waals surface area contributed by atoms with E-state index in [2.05, 4.69) is 27.0 Å². The number of carbonyl (C=O) groups is 2. The molecule has 0 spiro atoms. The number of benzene rings is 3. The number of rotatable bonds is 13. The van der Waals surface area contributed by atoms with Crippen molar-refractivity contribution in [3.63, 3.8) is 0 Å². The molecular formula is C36H38N10O4. The lowest BCUT2D eigenvalue weighted by Gasteiger charge is -2.13. The first-order chi connectivity index (χ1) is 24.1. The molecule has 6 aromatic rings. The molecular weight excluding hydrogens is 636 g/mol. The number of carbonyl (C=O) groups excluding carboxylic acids is 2. The Bertz CT molecular complexity index is 2280. The van der Waals surface area contributed by atoms with Crippen molar-refractivity contribution in [2.45, 2.75) is 40.1 Å². The quantitative estimate of drug-likeness (QED) is 0.126. The average Bonchev–Trinajstić information content (AvgIpc) is 3.76. The Morgan fingerprint density at radius 2 is 1.66 bits per heavy atom. The van der Waals surface area contributed by atoms with Crippen molar-refractivity contribution in [1.29, 1.82) is 0 Å². The van der Waals surface area contributed by atoms with Crippen LogP contribution in [0.2, 0.25) is 0 Å². The number of aryl methyl sites for hydroxylation is 2. The lowest BCUT2D eigenvalue weighted by molar-refractivity contribution is 0.0996. The van der Waals surface area contributed by atoms with Crippen molar-refractivity contribution in [2.75, 3.05) is 18.2 Å². The van der Waals surface area contributed by atoms with E-state index in [1.54, 1.807) is 36.1 Å². The highest BCUT2D eigenvalue weighted by Gasteiger charge is 2.19. The minimum atomic E-state index is -0.574. The zero-order valence-electron chi connectivity index (χ0n) is 28.0. The number of nitrogens with two attached hydrogens (primary N) is 3. The van der Waals surface area contributed by atoms with Crippen molar-refractivity contribution >= 4 is 51.5 Å². The molecule has 0 aliphatic rings. The maximum atomic E-state index is 13.4. The van der Waals surface area contributed by atoms with Crippen LogP contribution in [0, 0.1) is 6.92 Å². The van der Waals surface area contributed by atoms with E-state index in [1.807, 2.05) is 71.5 Å². The molecule has 0 saturated carbocycles. The number of nitrogens with one attached hydrogen (secondary N) is 1. The summed E-state index contributed by atoms with van der Waals surface area (Å²) in [7, 11) is 1.62. The zero-order valence-corrected chi connectivity index (χ0v) is 28.0. The second kappa shape index (κ2) is 13.9. The van der Waals surface area contributed by atoms with Gasteiger partial charge in [0.15, 0.2) is 0 Å². The number of hydrogen-bond acceptors (Lipinski definition) is 9. The van der Waals surface area contributed by atoms with Crippen LogP contribution in [-0.4, -0.2) is 47.8 Å². The van der Waals surface area contributed by atoms with Crippen LogP contribution in [0.3, 0.4) is 0 Å². The third-order valence-corrected chi connectivity index (χ3v) is 8.20. The summed E-state index contributed by atoms with van der Waals surface area (Å²) in [5.74, 6) is 0.964. The number of ether oxygens (including phenoxy) is 2. The van der Waals surface area contributed by atoms with Gasteiger partial charge in [-0.15, -0.1) is 0 Å². The summed E-state index contributed by atoms with van der Waals surface area (Å²) in [6.07, 6.45) is 3.86. The molecule has 3 aromatic carbocycles. The summed E-state index contributed by atoms with van der Waals surface area (Å²) in [6, 6.07) is 18.0. The van der Waals surface area contributed by atoms with Crippen LogP contribution in [0.15, 0.2) is 79.4 Å². The van der Waals surface area contributed by atoms with Gasteiger partial charge >= 0.3 is 0 Å². The smallest absolute Gasteiger partial charge is 0.276 e. The molecule has 0 aliphatic heterocycles. The summed E-state index contributed by atoms with van der Waals surface area (Å²) < 4.78 is 16.9. The first-order valence-corrected chi connectivity index (χ1v) is 15.9. The molecule has 50 heavy (non-hydrogen) atoms. The lowest BCUT2D eigenvalue weighted by atomic mass is 10.1. The van der Waals surface area contributed by atoms with Gasteiger partial charge in [-0.05, 0) is 67.9 Å². The Labute approximate surface area is 287 Å². The molecule has 14 nitrogen and oxygen atoms in total. The number of amides is 2. The minimum Gasteiger partial charge on any atom is -0.497 e. The summed E-state index contributed by atoms with van der Waals surface area (Å²) in [5, 5.41) is 7.30. The van der Waals surface area contributed by atoms with Gasteiger partial charge in [0.1, 0.15) is 29.3 Å². The van der Waals surface area contributed by atoms with E-state index in [9.17, 15) is 9.59 Å². The van der Waals surface area contributed by atoms with Crippen LogP contribution < -0.4 is 32.0 Å². The Balaban J connectivity index is 1.29. The van der Waals surface area contributed by atoms with Gasteiger partial charge in [0.2, 0.25) is 17.8 Å². The first-order valence-electron chi connectivity index (χ1n) is 15.9. The molecule has 256 valence electrons. The van der Waals surface area contributed by atoms with Gasteiger partial charge in [-0.1, -0.05) is 30.9 Å². The number of fused-ring (bicyclic) bond motifs is 2. The van der Waals surface area contributed by atoms with Gasteiger partial charge in [-0.2, -0.15) is 5.10 Å². The number of anilines is 2. The number of allylic oxidation sites excluding steroid dienone is 2. The number of nitrogen functional groups attached to an aromatic ring is 1. The molecule has 0 bridgehead atoms. The Kier molecular flexibility index (Phi) is 9.26. The summed E-state index contributed by atoms with van der Waals surface area (Å²) in [5.41, 5.74) is 24.0. The second-order valence-corrected chi connectivity index (χ2v) is 11.6. The van der Waals surface area contributed by atoms with E-state index < -0.39 is 5.91 Å². The van der Waals surface area contributed by atoms with Crippen LogP contribution >= 0.6 is 0 Å². The normalized spacial score (nSPS) is 11.4. The molecule has 6 rings (SSSR count). The monoisotopic (exact) mass is 674 g/mol. The predicted molar refractivity (Wildman–Crippen MR) is 193 cm³/mol. The third kappa shape index (κ3) is 6.71. The SMILES string of the molecule is C=C(N)c1cc(OCc2ccc(OC)cc2)c2c(c1)nc(N)n2C/C=C/Cn1c(NC(=O)c2cc(C)nn2CC)nc2cc(C(N)=O)ccc21. The summed E-state index contributed by atoms with van der Waals surface area (Å²) in [4.78, 5) is 34.5.